The van der Waals surface area contributed by atoms with E-state index in [-0.39, 0.29) is 18.1 Å². The maximum atomic E-state index is 11.8. The Morgan fingerprint density at radius 2 is 1.90 bits per heavy atom. The fourth-order valence-electron chi connectivity index (χ4n) is 1.66. The molecule has 1 aromatic heterocycles. The SMILES string of the molecule is COc1ccc(CC(=O)Nc2cc(=O)[nH]c(=O)[nH]2)cc1. The third kappa shape index (κ3) is 3.58. The molecule has 0 saturated carbocycles. The van der Waals surface area contributed by atoms with Gasteiger partial charge in [-0.2, -0.15) is 0 Å². The van der Waals surface area contributed by atoms with Gasteiger partial charge in [0.05, 0.1) is 13.5 Å². The van der Waals surface area contributed by atoms with E-state index in [0.717, 1.165) is 11.6 Å². The predicted molar refractivity (Wildman–Crippen MR) is 73.0 cm³/mol. The van der Waals surface area contributed by atoms with Gasteiger partial charge < -0.3 is 10.1 Å². The van der Waals surface area contributed by atoms with E-state index in [4.69, 9.17) is 4.74 Å². The van der Waals surface area contributed by atoms with Gasteiger partial charge in [-0.3, -0.25) is 19.6 Å². The number of hydrogen-bond donors (Lipinski definition) is 3. The molecule has 0 bridgehead atoms. The second-order valence-electron chi connectivity index (χ2n) is 4.07. The molecule has 1 amide bonds. The molecule has 0 aliphatic rings. The summed E-state index contributed by atoms with van der Waals surface area (Å²) in [6, 6.07) is 8.13. The first kappa shape index (κ1) is 13.6. The maximum Gasteiger partial charge on any atom is 0.327 e. The molecule has 3 N–H and O–H groups in total. The van der Waals surface area contributed by atoms with Gasteiger partial charge in [-0.15, -0.1) is 0 Å². The van der Waals surface area contributed by atoms with Gasteiger partial charge in [-0.05, 0) is 17.7 Å². The van der Waals surface area contributed by atoms with Gasteiger partial charge in [0.1, 0.15) is 11.6 Å². The lowest BCUT2D eigenvalue weighted by Crippen LogP contribution is -2.25. The van der Waals surface area contributed by atoms with E-state index in [1.165, 1.54) is 0 Å². The van der Waals surface area contributed by atoms with Crippen LogP contribution in [0.1, 0.15) is 5.56 Å². The Balaban J connectivity index is 2.04. The molecular weight excluding hydrogens is 262 g/mol. The molecule has 104 valence electrons. The quantitative estimate of drug-likeness (QED) is 0.744. The number of rotatable bonds is 4. The van der Waals surface area contributed by atoms with Gasteiger partial charge in [0.2, 0.25) is 5.91 Å². The minimum absolute atomic E-state index is 0.0669. The summed E-state index contributed by atoms with van der Waals surface area (Å²) in [4.78, 5) is 38.2. The highest BCUT2D eigenvalue weighted by molar-refractivity contribution is 5.91. The molecule has 7 heteroatoms. The molecule has 2 rings (SSSR count). The lowest BCUT2D eigenvalue weighted by molar-refractivity contribution is -0.115. The Bertz CT molecular complexity index is 687. The molecule has 0 unspecified atom stereocenters. The minimum Gasteiger partial charge on any atom is -0.497 e. The van der Waals surface area contributed by atoms with E-state index in [0.29, 0.717) is 5.75 Å². The maximum absolute atomic E-state index is 11.8. The number of amides is 1. The van der Waals surface area contributed by atoms with Crippen molar-refractivity contribution in [3.05, 3.63) is 56.7 Å². The van der Waals surface area contributed by atoms with Crippen LogP contribution >= 0.6 is 0 Å². The molecular formula is C13H13N3O4. The highest BCUT2D eigenvalue weighted by atomic mass is 16.5. The van der Waals surface area contributed by atoms with Crippen molar-refractivity contribution in [2.24, 2.45) is 0 Å². The number of methoxy groups -OCH3 is 1. The smallest absolute Gasteiger partial charge is 0.327 e. The standard InChI is InChI=1S/C13H13N3O4/c1-20-9-4-2-8(3-5-9)6-11(17)14-10-7-12(18)16-13(19)15-10/h2-5,7H,6H2,1H3,(H3,14,15,16,17,18,19). The fraction of sp³-hybridized carbons (Fsp3) is 0.154. The van der Waals surface area contributed by atoms with Crippen LogP contribution in [0.4, 0.5) is 5.82 Å². The summed E-state index contributed by atoms with van der Waals surface area (Å²) in [7, 11) is 1.56. The van der Waals surface area contributed by atoms with Crippen molar-refractivity contribution in [2.75, 3.05) is 12.4 Å². The molecule has 0 atom stereocenters. The largest absolute Gasteiger partial charge is 0.497 e. The molecule has 0 aliphatic heterocycles. The normalized spacial score (nSPS) is 10.1. The Hall–Kier alpha value is -2.83. The highest BCUT2D eigenvalue weighted by Crippen LogP contribution is 2.12. The molecule has 0 spiro atoms. The van der Waals surface area contributed by atoms with E-state index >= 15 is 0 Å². The van der Waals surface area contributed by atoms with E-state index < -0.39 is 11.2 Å². The lowest BCUT2D eigenvalue weighted by atomic mass is 10.1. The summed E-state index contributed by atoms with van der Waals surface area (Å²) in [5.74, 6) is 0.432. The van der Waals surface area contributed by atoms with Crippen molar-refractivity contribution in [3.8, 4) is 5.75 Å². The third-order valence-electron chi connectivity index (χ3n) is 2.56. The Labute approximate surface area is 113 Å². The summed E-state index contributed by atoms with van der Waals surface area (Å²) in [5, 5.41) is 2.45. The van der Waals surface area contributed by atoms with Crippen molar-refractivity contribution in [1.29, 1.82) is 0 Å². The number of aromatic nitrogens is 2. The number of hydrogen-bond acceptors (Lipinski definition) is 4. The number of anilines is 1. The van der Waals surface area contributed by atoms with Crippen molar-refractivity contribution < 1.29 is 9.53 Å². The number of benzene rings is 1. The zero-order chi connectivity index (χ0) is 14.5. The topological polar surface area (TPSA) is 104 Å². The van der Waals surface area contributed by atoms with Crippen molar-refractivity contribution in [2.45, 2.75) is 6.42 Å². The zero-order valence-electron chi connectivity index (χ0n) is 10.7. The van der Waals surface area contributed by atoms with Crippen LogP contribution in [0.3, 0.4) is 0 Å². The monoisotopic (exact) mass is 275 g/mol. The Morgan fingerprint density at radius 1 is 1.20 bits per heavy atom. The van der Waals surface area contributed by atoms with Crippen LogP contribution in [0.25, 0.3) is 0 Å². The molecule has 0 aliphatic carbocycles. The fourth-order valence-corrected chi connectivity index (χ4v) is 1.66. The summed E-state index contributed by atoms with van der Waals surface area (Å²) in [6.07, 6.45) is 0.124. The van der Waals surface area contributed by atoms with Gasteiger partial charge in [-0.1, -0.05) is 12.1 Å². The summed E-state index contributed by atoms with van der Waals surface area (Å²) in [6.45, 7) is 0. The second-order valence-corrected chi connectivity index (χ2v) is 4.07. The van der Waals surface area contributed by atoms with Crippen molar-refractivity contribution in [1.82, 2.24) is 9.97 Å². The van der Waals surface area contributed by atoms with Crippen LogP contribution in [-0.2, 0) is 11.2 Å². The zero-order valence-corrected chi connectivity index (χ0v) is 10.7. The number of ether oxygens (including phenoxy) is 1. The molecule has 0 saturated heterocycles. The molecule has 7 nitrogen and oxygen atoms in total. The van der Waals surface area contributed by atoms with Gasteiger partial charge in [0, 0.05) is 6.07 Å². The van der Waals surface area contributed by atoms with E-state index in [2.05, 4.69) is 10.3 Å². The van der Waals surface area contributed by atoms with Crippen LogP contribution in [0.5, 0.6) is 5.75 Å². The van der Waals surface area contributed by atoms with Gasteiger partial charge in [0.25, 0.3) is 5.56 Å². The Morgan fingerprint density at radius 3 is 2.50 bits per heavy atom. The molecule has 0 radical (unpaired) electrons. The van der Waals surface area contributed by atoms with Crippen LogP contribution in [0.15, 0.2) is 39.9 Å². The number of H-pyrrole nitrogens is 2. The number of aromatic amines is 2. The average molecular weight is 275 g/mol. The number of nitrogens with one attached hydrogen (secondary N) is 3. The Kier molecular flexibility index (Phi) is 3.99. The molecule has 2 aromatic rings. The third-order valence-corrected chi connectivity index (χ3v) is 2.56. The predicted octanol–water partition coefficient (Wildman–Crippen LogP) is 0.253. The molecule has 0 fully saturated rings. The van der Waals surface area contributed by atoms with Gasteiger partial charge in [-0.25, -0.2) is 4.79 Å². The highest BCUT2D eigenvalue weighted by Gasteiger charge is 2.05. The average Bonchev–Trinajstić information content (AvgIpc) is 2.38. The van der Waals surface area contributed by atoms with E-state index in [1.54, 1.807) is 31.4 Å². The van der Waals surface area contributed by atoms with Crippen LogP contribution in [0, 0.1) is 0 Å². The van der Waals surface area contributed by atoms with Crippen molar-refractivity contribution in [3.63, 3.8) is 0 Å². The first-order chi connectivity index (χ1) is 9.56. The molecule has 20 heavy (non-hydrogen) atoms. The second kappa shape index (κ2) is 5.87. The summed E-state index contributed by atoms with van der Waals surface area (Å²) in [5.41, 5.74) is -0.457. The lowest BCUT2D eigenvalue weighted by Gasteiger charge is -2.05. The van der Waals surface area contributed by atoms with Crippen LogP contribution in [-0.4, -0.2) is 23.0 Å². The first-order valence-electron chi connectivity index (χ1n) is 5.83. The van der Waals surface area contributed by atoms with Crippen LogP contribution < -0.4 is 21.3 Å². The number of carbonyl (C=O) groups excluding carboxylic acids is 1. The first-order valence-corrected chi connectivity index (χ1v) is 5.83. The molecule has 1 aromatic carbocycles. The van der Waals surface area contributed by atoms with Gasteiger partial charge >= 0.3 is 5.69 Å². The van der Waals surface area contributed by atoms with E-state index in [1.807, 2.05) is 4.98 Å². The summed E-state index contributed by atoms with van der Waals surface area (Å²) >= 11 is 0. The molecule has 1 heterocycles. The minimum atomic E-state index is -0.669. The van der Waals surface area contributed by atoms with Crippen LogP contribution in [0.2, 0.25) is 0 Å². The summed E-state index contributed by atoms with van der Waals surface area (Å²) < 4.78 is 5.02. The van der Waals surface area contributed by atoms with E-state index in [9.17, 15) is 14.4 Å². The van der Waals surface area contributed by atoms with Crippen molar-refractivity contribution >= 4 is 11.7 Å². The number of carbonyl (C=O) groups is 1. The van der Waals surface area contributed by atoms with Gasteiger partial charge in [0.15, 0.2) is 0 Å².